The maximum Gasteiger partial charge on any atom is 0.408 e. The van der Waals surface area contributed by atoms with Crippen LogP contribution in [-0.4, -0.2) is 84.0 Å². The van der Waals surface area contributed by atoms with Crippen molar-refractivity contribution in [1.82, 2.24) is 10.6 Å². The summed E-state index contributed by atoms with van der Waals surface area (Å²) in [6, 6.07) is 6.00. The van der Waals surface area contributed by atoms with Crippen molar-refractivity contribution in [3.8, 4) is 0 Å². The molecule has 0 saturated carbocycles. The highest BCUT2D eigenvalue weighted by Crippen LogP contribution is 2.19. The summed E-state index contributed by atoms with van der Waals surface area (Å²) in [5, 5.41) is 14.7. The van der Waals surface area contributed by atoms with Crippen molar-refractivity contribution in [3.63, 3.8) is 0 Å². The van der Waals surface area contributed by atoms with Crippen molar-refractivity contribution >= 4 is 41.8 Å². The lowest BCUT2D eigenvalue weighted by Crippen LogP contribution is -2.61. The molecule has 0 saturated heterocycles. The van der Waals surface area contributed by atoms with Crippen molar-refractivity contribution < 1.29 is 62.4 Å². The van der Waals surface area contributed by atoms with Gasteiger partial charge in [0.2, 0.25) is 12.0 Å². The second kappa shape index (κ2) is 18.0. The topological polar surface area (TPSA) is 210 Å². The van der Waals surface area contributed by atoms with Crippen molar-refractivity contribution in [2.75, 3.05) is 6.61 Å². The normalized spacial score (nSPS) is 14.1. The Labute approximate surface area is 248 Å². The summed E-state index contributed by atoms with van der Waals surface area (Å²) in [7, 11) is 0. The predicted molar refractivity (Wildman–Crippen MR) is 146 cm³/mol. The smallest absolute Gasteiger partial charge is 0.408 e. The molecule has 0 radical (unpaired) electrons. The number of carbonyl (C=O) groups excluding carboxylic acids is 6. The van der Waals surface area contributed by atoms with E-state index in [9.17, 15) is 38.7 Å². The molecule has 15 nitrogen and oxygen atoms in total. The van der Waals surface area contributed by atoms with E-state index < -0.39 is 78.8 Å². The van der Waals surface area contributed by atoms with Crippen LogP contribution in [0.15, 0.2) is 30.3 Å². The molecule has 0 aliphatic heterocycles. The molecule has 238 valence electrons. The van der Waals surface area contributed by atoms with Gasteiger partial charge >= 0.3 is 35.9 Å². The molecule has 2 amide bonds. The lowest BCUT2D eigenvalue weighted by atomic mass is 9.98. The minimum Gasteiger partial charge on any atom is -0.478 e. The van der Waals surface area contributed by atoms with Crippen LogP contribution in [0, 0.1) is 5.92 Å². The highest BCUT2D eigenvalue weighted by Gasteiger charge is 2.46. The molecular formula is C28H38N2O13. The van der Waals surface area contributed by atoms with Gasteiger partial charge in [-0.1, -0.05) is 44.2 Å². The molecule has 0 heterocycles. The zero-order chi connectivity index (χ0) is 32.7. The van der Waals surface area contributed by atoms with Crippen LogP contribution >= 0.6 is 0 Å². The van der Waals surface area contributed by atoms with Crippen molar-refractivity contribution in [1.29, 1.82) is 0 Å². The van der Waals surface area contributed by atoms with Gasteiger partial charge in [0, 0.05) is 27.7 Å². The molecule has 0 spiro atoms. The third-order valence-electron chi connectivity index (χ3n) is 5.48. The van der Waals surface area contributed by atoms with Crippen LogP contribution in [0.5, 0.6) is 0 Å². The minimum atomic E-state index is -2.19. The molecule has 0 bridgehead atoms. The fraction of sp³-hybridized carbons (Fsp3) is 0.536. The van der Waals surface area contributed by atoms with E-state index in [2.05, 4.69) is 10.6 Å². The highest BCUT2D eigenvalue weighted by atomic mass is 16.6. The number of hydrogen-bond donors (Lipinski definition) is 3. The summed E-state index contributed by atoms with van der Waals surface area (Å²) in [5.74, 6) is -6.69. The predicted octanol–water partition coefficient (Wildman–Crippen LogP) is 1.26. The second-order valence-corrected chi connectivity index (χ2v) is 9.82. The molecule has 5 unspecified atom stereocenters. The number of benzene rings is 1. The SMILES string of the molecule is CC(=O)OCC(NC(=O)C(CC(C)C)NC(=O)OCc1ccccc1)C(OC(C)=O)C(OC(C)=O)C(OC(C)=O)C(=O)O. The molecule has 0 aliphatic rings. The quantitative estimate of drug-likeness (QED) is 0.178. The Balaban J connectivity index is 3.41. The number of carbonyl (C=O) groups is 7. The number of ether oxygens (including phenoxy) is 5. The van der Waals surface area contributed by atoms with Crippen LogP contribution < -0.4 is 10.6 Å². The van der Waals surface area contributed by atoms with E-state index in [-0.39, 0.29) is 18.9 Å². The number of amides is 2. The van der Waals surface area contributed by atoms with E-state index in [0.29, 0.717) is 5.56 Å². The third kappa shape index (κ3) is 14.2. The Morgan fingerprint density at radius 2 is 1.30 bits per heavy atom. The Morgan fingerprint density at radius 3 is 1.79 bits per heavy atom. The lowest BCUT2D eigenvalue weighted by molar-refractivity contribution is -0.195. The van der Waals surface area contributed by atoms with E-state index in [4.69, 9.17) is 23.7 Å². The van der Waals surface area contributed by atoms with Crippen LogP contribution in [0.2, 0.25) is 0 Å². The third-order valence-corrected chi connectivity index (χ3v) is 5.48. The largest absolute Gasteiger partial charge is 0.478 e. The number of alkyl carbamates (subject to hydrolysis) is 1. The molecule has 1 aromatic carbocycles. The monoisotopic (exact) mass is 610 g/mol. The van der Waals surface area contributed by atoms with Crippen LogP contribution in [0.4, 0.5) is 4.79 Å². The number of hydrogen-bond acceptors (Lipinski definition) is 12. The van der Waals surface area contributed by atoms with Gasteiger partial charge in [-0.15, -0.1) is 0 Å². The first-order valence-corrected chi connectivity index (χ1v) is 13.3. The maximum absolute atomic E-state index is 13.5. The summed E-state index contributed by atoms with van der Waals surface area (Å²) in [6.07, 6.45) is -6.87. The van der Waals surface area contributed by atoms with E-state index >= 15 is 0 Å². The van der Waals surface area contributed by atoms with Gasteiger partial charge in [0.1, 0.15) is 25.3 Å². The van der Waals surface area contributed by atoms with Gasteiger partial charge in [0.05, 0.1) is 0 Å². The molecule has 43 heavy (non-hydrogen) atoms. The Bertz CT molecular complexity index is 1140. The minimum absolute atomic E-state index is 0.0803. The molecule has 1 rings (SSSR count). The summed E-state index contributed by atoms with van der Waals surface area (Å²) in [4.78, 5) is 85.5. The summed E-state index contributed by atoms with van der Waals surface area (Å²) in [5.41, 5.74) is 0.699. The zero-order valence-electron chi connectivity index (χ0n) is 24.8. The standard InChI is InChI=1S/C28H38N2O13/c1-15(2)12-21(30-28(38)40-13-20-10-8-7-9-11-20)26(35)29-22(14-39-16(3)31)23(41-17(4)32)24(42-18(5)33)25(27(36)37)43-19(6)34/h7-11,15,21-25H,12-14H2,1-6H3,(H,29,35)(H,30,38)(H,36,37). The van der Waals surface area contributed by atoms with Gasteiger partial charge in [-0.2, -0.15) is 0 Å². The average molecular weight is 611 g/mol. The number of nitrogens with one attached hydrogen (secondary N) is 2. The Hall–Kier alpha value is -4.69. The van der Waals surface area contributed by atoms with Crippen LogP contribution in [0.1, 0.15) is 53.5 Å². The van der Waals surface area contributed by atoms with Crippen molar-refractivity contribution in [2.45, 2.75) is 85.0 Å². The fourth-order valence-corrected chi connectivity index (χ4v) is 3.82. The molecule has 1 aromatic rings. The second-order valence-electron chi connectivity index (χ2n) is 9.82. The number of rotatable bonds is 16. The van der Waals surface area contributed by atoms with Gasteiger partial charge in [0.25, 0.3) is 0 Å². The summed E-state index contributed by atoms with van der Waals surface area (Å²) < 4.78 is 25.4. The first-order valence-electron chi connectivity index (χ1n) is 13.3. The molecule has 0 aliphatic carbocycles. The molecule has 15 heteroatoms. The first kappa shape index (κ1) is 36.3. The van der Waals surface area contributed by atoms with Gasteiger partial charge in [-0.3, -0.25) is 24.0 Å². The summed E-state index contributed by atoms with van der Waals surface area (Å²) in [6.45, 7) is 6.61. The van der Waals surface area contributed by atoms with Crippen LogP contribution in [0.3, 0.4) is 0 Å². The lowest BCUT2D eigenvalue weighted by Gasteiger charge is -2.35. The molecule has 0 aromatic heterocycles. The Morgan fingerprint density at radius 1 is 0.744 bits per heavy atom. The fourth-order valence-electron chi connectivity index (χ4n) is 3.82. The van der Waals surface area contributed by atoms with Crippen LogP contribution in [0.25, 0.3) is 0 Å². The van der Waals surface area contributed by atoms with Gasteiger partial charge in [-0.25, -0.2) is 9.59 Å². The molecule has 0 fully saturated rings. The number of carboxylic acid groups (broad SMARTS) is 1. The van der Waals surface area contributed by atoms with Crippen molar-refractivity contribution in [2.24, 2.45) is 5.92 Å². The van der Waals surface area contributed by atoms with E-state index in [1.54, 1.807) is 44.2 Å². The van der Waals surface area contributed by atoms with Crippen molar-refractivity contribution in [3.05, 3.63) is 35.9 Å². The number of carboxylic acids is 1. The summed E-state index contributed by atoms with van der Waals surface area (Å²) >= 11 is 0. The van der Waals surface area contributed by atoms with E-state index in [1.165, 1.54) is 0 Å². The van der Waals surface area contributed by atoms with E-state index in [0.717, 1.165) is 27.7 Å². The molecule has 3 N–H and O–H groups in total. The number of esters is 4. The number of aliphatic carboxylic acids is 1. The maximum atomic E-state index is 13.5. The van der Waals surface area contributed by atoms with Gasteiger partial charge < -0.3 is 39.4 Å². The molecule has 5 atom stereocenters. The molecular weight excluding hydrogens is 572 g/mol. The van der Waals surface area contributed by atoms with Gasteiger partial charge in [0.15, 0.2) is 12.2 Å². The Kier molecular flexibility index (Phi) is 15.2. The van der Waals surface area contributed by atoms with Gasteiger partial charge in [-0.05, 0) is 17.9 Å². The average Bonchev–Trinajstić information content (AvgIpc) is 2.89. The first-order chi connectivity index (χ1) is 20.1. The zero-order valence-corrected chi connectivity index (χ0v) is 24.8. The highest BCUT2D eigenvalue weighted by molar-refractivity contribution is 5.86. The van der Waals surface area contributed by atoms with Crippen LogP contribution in [-0.2, 0) is 59.1 Å². The van der Waals surface area contributed by atoms with E-state index in [1.807, 2.05) is 0 Å².